The highest BCUT2D eigenvalue weighted by atomic mass is 32.1. The molecule has 22 heavy (non-hydrogen) atoms. The summed E-state index contributed by atoms with van der Waals surface area (Å²) in [5.74, 6) is 0.667. The van der Waals surface area contributed by atoms with Gasteiger partial charge in [0.2, 0.25) is 0 Å². The molecule has 0 aliphatic rings. The zero-order valence-electron chi connectivity index (χ0n) is 12.9. The van der Waals surface area contributed by atoms with Gasteiger partial charge in [0.1, 0.15) is 5.82 Å². The molecule has 0 unspecified atom stereocenters. The molecule has 2 aromatic rings. The first-order chi connectivity index (χ1) is 10.6. The molecule has 2 aromatic heterocycles. The number of pyridine rings is 1. The monoisotopic (exact) mass is 316 g/mol. The number of hydrogen-bond acceptors (Lipinski definition) is 5. The number of anilines is 1. The minimum atomic E-state index is -0.145. The highest BCUT2D eigenvalue weighted by Crippen LogP contribution is 2.16. The topological polar surface area (TPSA) is 58.1 Å². The molecule has 116 valence electrons. The molecule has 2 rings (SSSR count). The van der Waals surface area contributed by atoms with Gasteiger partial charge in [0.15, 0.2) is 0 Å². The number of carbonyl (C=O) groups excluding carboxylic acids is 1. The van der Waals surface area contributed by atoms with E-state index in [9.17, 15) is 4.79 Å². The van der Waals surface area contributed by atoms with Crippen LogP contribution >= 0.6 is 11.3 Å². The summed E-state index contributed by atoms with van der Waals surface area (Å²) in [4.78, 5) is 22.7. The zero-order chi connectivity index (χ0) is 15.9. The van der Waals surface area contributed by atoms with Gasteiger partial charge in [-0.3, -0.25) is 4.79 Å². The Balaban J connectivity index is 1.99. The van der Waals surface area contributed by atoms with Crippen LogP contribution in [0.1, 0.15) is 28.0 Å². The molecule has 0 fully saturated rings. The number of nitrogens with zero attached hydrogens (tertiary/aromatic N) is 3. The lowest BCUT2D eigenvalue weighted by atomic mass is 10.2. The maximum absolute atomic E-state index is 11.8. The Kier molecular flexibility index (Phi) is 5.66. The van der Waals surface area contributed by atoms with Crippen molar-refractivity contribution in [2.75, 3.05) is 18.5 Å². The third kappa shape index (κ3) is 4.14. The molecule has 0 saturated carbocycles. The van der Waals surface area contributed by atoms with E-state index in [1.165, 1.54) is 0 Å². The minimum Gasteiger partial charge on any atom is -0.354 e. The van der Waals surface area contributed by atoms with Gasteiger partial charge in [0.25, 0.3) is 5.91 Å². The SMILES string of the molecule is C=CCNC(=O)c1ccc(N(C)Cc2csc(CC)n2)nc1. The summed E-state index contributed by atoms with van der Waals surface area (Å²) in [6.07, 6.45) is 4.19. The average Bonchev–Trinajstić information content (AvgIpc) is 3.00. The van der Waals surface area contributed by atoms with Crippen molar-refractivity contribution in [3.05, 3.63) is 52.6 Å². The van der Waals surface area contributed by atoms with Crippen molar-refractivity contribution in [2.45, 2.75) is 19.9 Å². The van der Waals surface area contributed by atoms with Crippen LogP contribution in [-0.4, -0.2) is 29.5 Å². The van der Waals surface area contributed by atoms with Crippen molar-refractivity contribution in [3.63, 3.8) is 0 Å². The maximum atomic E-state index is 11.8. The van der Waals surface area contributed by atoms with Gasteiger partial charge in [-0.25, -0.2) is 9.97 Å². The quantitative estimate of drug-likeness (QED) is 0.798. The van der Waals surface area contributed by atoms with Gasteiger partial charge in [0.05, 0.1) is 22.8 Å². The predicted molar refractivity (Wildman–Crippen MR) is 90.4 cm³/mol. The summed E-state index contributed by atoms with van der Waals surface area (Å²) < 4.78 is 0. The average molecular weight is 316 g/mol. The Hall–Kier alpha value is -2.21. The highest BCUT2D eigenvalue weighted by Gasteiger charge is 2.09. The molecule has 0 saturated heterocycles. The Labute approximate surface area is 134 Å². The number of carbonyl (C=O) groups is 1. The smallest absolute Gasteiger partial charge is 0.253 e. The number of aryl methyl sites for hydroxylation is 1. The molecule has 0 bridgehead atoms. The second-order valence-corrected chi connectivity index (χ2v) is 5.79. The molecular weight excluding hydrogens is 296 g/mol. The van der Waals surface area contributed by atoms with Crippen LogP contribution in [0.15, 0.2) is 36.4 Å². The lowest BCUT2D eigenvalue weighted by Gasteiger charge is -2.17. The minimum absolute atomic E-state index is 0.145. The molecule has 0 radical (unpaired) electrons. The van der Waals surface area contributed by atoms with E-state index in [-0.39, 0.29) is 5.91 Å². The van der Waals surface area contributed by atoms with Crippen molar-refractivity contribution < 1.29 is 4.79 Å². The molecule has 2 heterocycles. The summed E-state index contributed by atoms with van der Waals surface area (Å²) in [5, 5.41) is 5.95. The van der Waals surface area contributed by atoms with E-state index in [0.29, 0.717) is 18.7 Å². The second kappa shape index (κ2) is 7.70. The molecule has 0 atom stereocenters. The molecule has 5 nitrogen and oxygen atoms in total. The van der Waals surface area contributed by atoms with Gasteiger partial charge in [-0.15, -0.1) is 17.9 Å². The Morgan fingerprint density at radius 1 is 1.50 bits per heavy atom. The first-order valence-corrected chi connectivity index (χ1v) is 8.01. The first-order valence-electron chi connectivity index (χ1n) is 7.13. The third-order valence-corrected chi connectivity index (χ3v) is 4.15. The van der Waals surface area contributed by atoms with Gasteiger partial charge in [-0.2, -0.15) is 0 Å². The van der Waals surface area contributed by atoms with E-state index < -0.39 is 0 Å². The fourth-order valence-electron chi connectivity index (χ4n) is 1.92. The van der Waals surface area contributed by atoms with Gasteiger partial charge in [-0.1, -0.05) is 13.0 Å². The van der Waals surface area contributed by atoms with Crippen molar-refractivity contribution >= 4 is 23.1 Å². The number of hydrogen-bond donors (Lipinski definition) is 1. The van der Waals surface area contributed by atoms with E-state index in [1.54, 1.807) is 29.7 Å². The molecule has 1 amide bonds. The first kappa shape index (κ1) is 16.2. The van der Waals surface area contributed by atoms with Crippen molar-refractivity contribution in [3.8, 4) is 0 Å². The van der Waals surface area contributed by atoms with E-state index in [0.717, 1.165) is 22.9 Å². The summed E-state index contributed by atoms with van der Waals surface area (Å²) in [5.41, 5.74) is 1.58. The second-order valence-electron chi connectivity index (χ2n) is 4.85. The maximum Gasteiger partial charge on any atom is 0.253 e. The Morgan fingerprint density at radius 2 is 2.32 bits per heavy atom. The number of rotatable bonds is 7. The van der Waals surface area contributed by atoms with Crippen LogP contribution in [0.4, 0.5) is 5.82 Å². The van der Waals surface area contributed by atoms with E-state index in [4.69, 9.17) is 0 Å². The lowest BCUT2D eigenvalue weighted by Crippen LogP contribution is -2.24. The van der Waals surface area contributed by atoms with Gasteiger partial charge in [-0.05, 0) is 18.6 Å². The summed E-state index contributed by atoms with van der Waals surface area (Å²) >= 11 is 1.68. The van der Waals surface area contributed by atoms with Crippen LogP contribution in [0.2, 0.25) is 0 Å². The van der Waals surface area contributed by atoms with Crippen molar-refractivity contribution in [1.29, 1.82) is 0 Å². The van der Waals surface area contributed by atoms with Gasteiger partial charge in [0, 0.05) is 25.2 Å². The van der Waals surface area contributed by atoms with Crippen LogP contribution in [-0.2, 0) is 13.0 Å². The van der Waals surface area contributed by atoms with Gasteiger partial charge >= 0.3 is 0 Å². The molecule has 0 aliphatic heterocycles. The number of nitrogens with one attached hydrogen (secondary N) is 1. The van der Waals surface area contributed by atoms with Crippen molar-refractivity contribution in [1.82, 2.24) is 15.3 Å². The number of aromatic nitrogens is 2. The largest absolute Gasteiger partial charge is 0.354 e. The Bertz CT molecular complexity index is 636. The molecule has 0 aromatic carbocycles. The molecule has 1 N–H and O–H groups in total. The summed E-state index contributed by atoms with van der Waals surface area (Å²) in [6.45, 7) is 6.82. The number of thiazole rings is 1. The highest BCUT2D eigenvalue weighted by molar-refractivity contribution is 7.09. The fourth-order valence-corrected chi connectivity index (χ4v) is 2.66. The van der Waals surface area contributed by atoms with Crippen LogP contribution in [0.25, 0.3) is 0 Å². The van der Waals surface area contributed by atoms with Crippen LogP contribution in [0.5, 0.6) is 0 Å². The van der Waals surface area contributed by atoms with E-state index in [2.05, 4.69) is 34.2 Å². The molecule has 0 spiro atoms. The standard InChI is InChI=1S/C16H20N4OS/c1-4-8-17-16(21)12-6-7-14(18-9-12)20(3)10-13-11-22-15(5-2)19-13/h4,6-7,9,11H,1,5,8,10H2,2-3H3,(H,17,21). The number of amides is 1. The Morgan fingerprint density at radius 3 is 2.91 bits per heavy atom. The zero-order valence-corrected chi connectivity index (χ0v) is 13.7. The van der Waals surface area contributed by atoms with Crippen molar-refractivity contribution in [2.24, 2.45) is 0 Å². The van der Waals surface area contributed by atoms with Crippen LogP contribution < -0.4 is 10.2 Å². The van der Waals surface area contributed by atoms with E-state index >= 15 is 0 Å². The summed E-state index contributed by atoms with van der Waals surface area (Å²) in [7, 11) is 1.96. The molecular formula is C16H20N4OS. The molecule has 0 aliphatic carbocycles. The normalized spacial score (nSPS) is 10.3. The van der Waals surface area contributed by atoms with Crippen LogP contribution in [0, 0.1) is 0 Å². The third-order valence-electron chi connectivity index (χ3n) is 3.11. The van der Waals surface area contributed by atoms with Gasteiger partial charge < -0.3 is 10.2 Å². The van der Waals surface area contributed by atoms with Crippen LogP contribution in [0.3, 0.4) is 0 Å². The lowest BCUT2D eigenvalue weighted by molar-refractivity contribution is 0.0957. The fraction of sp³-hybridized carbons (Fsp3) is 0.312. The predicted octanol–water partition coefficient (Wildman–Crippen LogP) is 2.65. The van der Waals surface area contributed by atoms with E-state index in [1.807, 2.05) is 18.0 Å². The summed E-state index contributed by atoms with van der Waals surface area (Å²) in [6, 6.07) is 3.62. The molecule has 6 heteroatoms.